The van der Waals surface area contributed by atoms with Crippen molar-refractivity contribution >= 4 is 12.1 Å². The van der Waals surface area contributed by atoms with Crippen LogP contribution in [0.5, 0.6) is 0 Å². The fourth-order valence-corrected chi connectivity index (χ4v) is 0.560. The highest BCUT2D eigenvalue weighted by molar-refractivity contribution is 5.71. The third-order valence-corrected chi connectivity index (χ3v) is 1.34. The van der Waals surface area contributed by atoms with E-state index in [2.05, 4.69) is 21.7 Å². The highest BCUT2D eigenvalue weighted by Crippen LogP contribution is 1.95. The average Bonchev–Trinajstić information content (AvgIpc) is 2.14. The molecule has 6 nitrogen and oxygen atoms in total. The Balaban J connectivity index is 3.51. The highest BCUT2D eigenvalue weighted by atomic mass is 16.7. The molecule has 0 aliphatic carbocycles. The molecule has 0 bridgehead atoms. The number of esters is 1. The quantitative estimate of drug-likeness (QED) is 0.503. The minimum absolute atomic E-state index is 0.0169. The fourth-order valence-electron chi connectivity index (χ4n) is 0.560. The number of aliphatic hydroxyl groups excluding tert-OH is 1. The summed E-state index contributed by atoms with van der Waals surface area (Å²) in [7, 11) is 0. The molecule has 87 valence electrons. The lowest BCUT2D eigenvalue weighted by Gasteiger charge is -2.09. The molecule has 1 radical (unpaired) electrons. The third kappa shape index (κ3) is 7.75. The number of hydrogen-bond donors (Lipinski definition) is 2. The Bertz CT molecular complexity index is 215. The molecule has 0 aromatic rings. The molecule has 0 unspecified atom stereocenters. The van der Waals surface area contributed by atoms with Gasteiger partial charge in [-0.2, -0.15) is 0 Å². The average molecular weight is 218 g/mol. The molecule has 2 N–H and O–H groups in total. The Hall–Kier alpha value is -1.30. The van der Waals surface area contributed by atoms with Crippen LogP contribution in [-0.2, 0) is 14.3 Å². The molecule has 0 aliphatic heterocycles. The van der Waals surface area contributed by atoms with E-state index < -0.39 is 25.0 Å². The van der Waals surface area contributed by atoms with Gasteiger partial charge in [-0.25, -0.2) is 4.79 Å². The molecular weight excluding hydrogens is 202 g/mol. The third-order valence-electron chi connectivity index (χ3n) is 1.34. The highest BCUT2D eigenvalue weighted by Gasteiger charge is 2.09. The van der Waals surface area contributed by atoms with Crippen LogP contribution in [0, 0.1) is 12.8 Å². The molecule has 6 heteroatoms. The summed E-state index contributed by atoms with van der Waals surface area (Å²) in [5.74, 6) is -0.710. The number of carbonyl (C=O) groups is 2. The molecular formula is C9H16NO5. The van der Waals surface area contributed by atoms with E-state index in [1.54, 1.807) is 13.8 Å². The van der Waals surface area contributed by atoms with E-state index in [9.17, 15) is 9.59 Å². The number of aliphatic hydroxyl groups is 1. The molecule has 1 atom stereocenters. The zero-order chi connectivity index (χ0) is 11.8. The van der Waals surface area contributed by atoms with E-state index in [0.29, 0.717) is 0 Å². The van der Waals surface area contributed by atoms with Crippen molar-refractivity contribution in [3.05, 3.63) is 6.92 Å². The molecule has 0 saturated heterocycles. The Kier molecular flexibility index (Phi) is 6.44. The first-order valence-corrected chi connectivity index (χ1v) is 4.52. The van der Waals surface area contributed by atoms with E-state index in [1.807, 2.05) is 0 Å². The largest absolute Gasteiger partial charge is 0.428 e. The summed E-state index contributed by atoms with van der Waals surface area (Å²) in [6, 6.07) is 0. The first-order valence-electron chi connectivity index (χ1n) is 4.52. The Morgan fingerprint density at radius 2 is 2.00 bits per heavy atom. The lowest BCUT2D eigenvalue weighted by molar-refractivity contribution is -0.155. The van der Waals surface area contributed by atoms with E-state index >= 15 is 0 Å². The second-order valence-electron chi connectivity index (χ2n) is 3.20. The van der Waals surface area contributed by atoms with Crippen LogP contribution in [-0.4, -0.2) is 36.6 Å². The van der Waals surface area contributed by atoms with Gasteiger partial charge in [-0.15, -0.1) is 0 Å². The van der Waals surface area contributed by atoms with Gasteiger partial charge in [0.2, 0.25) is 6.79 Å². The summed E-state index contributed by atoms with van der Waals surface area (Å²) in [4.78, 5) is 21.7. The van der Waals surface area contributed by atoms with Crippen LogP contribution in [0.25, 0.3) is 0 Å². The van der Waals surface area contributed by atoms with Crippen molar-refractivity contribution in [3.63, 3.8) is 0 Å². The second-order valence-corrected chi connectivity index (χ2v) is 3.20. The number of amides is 1. The van der Waals surface area contributed by atoms with Crippen LogP contribution in [0.2, 0.25) is 0 Å². The van der Waals surface area contributed by atoms with Gasteiger partial charge in [0.25, 0.3) is 0 Å². The van der Waals surface area contributed by atoms with Gasteiger partial charge >= 0.3 is 12.1 Å². The smallest absolute Gasteiger partial charge is 0.410 e. The number of nitrogens with one attached hydrogen (secondary N) is 1. The molecule has 0 spiro atoms. The maximum Gasteiger partial charge on any atom is 0.410 e. The van der Waals surface area contributed by atoms with Gasteiger partial charge in [-0.05, 0) is 6.92 Å². The predicted molar refractivity (Wildman–Crippen MR) is 51.6 cm³/mol. The Labute approximate surface area is 88.6 Å². The van der Waals surface area contributed by atoms with E-state index in [-0.39, 0.29) is 12.5 Å². The SMILES string of the molecule is [CH2][C@@H](O)CNC(=O)OCOC(=O)C(C)C. The minimum Gasteiger partial charge on any atom is -0.428 e. The van der Waals surface area contributed by atoms with Crippen LogP contribution in [0.15, 0.2) is 0 Å². The lowest BCUT2D eigenvalue weighted by Crippen LogP contribution is -2.32. The van der Waals surface area contributed by atoms with Gasteiger partial charge in [0, 0.05) is 6.54 Å². The van der Waals surface area contributed by atoms with Gasteiger partial charge in [0.15, 0.2) is 0 Å². The van der Waals surface area contributed by atoms with Crippen LogP contribution in [0.1, 0.15) is 13.8 Å². The lowest BCUT2D eigenvalue weighted by atomic mass is 10.2. The van der Waals surface area contributed by atoms with Crippen LogP contribution in [0.4, 0.5) is 4.79 Å². The van der Waals surface area contributed by atoms with Crippen LogP contribution < -0.4 is 5.32 Å². The van der Waals surface area contributed by atoms with Gasteiger partial charge in [0.1, 0.15) is 0 Å². The molecule has 0 aromatic heterocycles. The molecule has 0 saturated carbocycles. The summed E-state index contributed by atoms with van der Waals surface area (Å²) in [6.45, 7) is 6.13. The Morgan fingerprint density at radius 3 is 2.47 bits per heavy atom. The monoisotopic (exact) mass is 218 g/mol. The molecule has 0 aliphatic rings. The first kappa shape index (κ1) is 13.7. The molecule has 15 heavy (non-hydrogen) atoms. The van der Waals surface area contributed by atoms with Crippen molar-refractivity contribution in [2.24, 2.45) is 5.92 Å². The molecule has 0 fully saturated rings. The van der Waals surface area contributed by atoms with E-state index in [4.69, 9.17) is 5.11 Å². The summed E-state index contributed by atoms with van der Waals surface area (Å²) in [6.07, 6.45) is -1.66. The first-order chi connectivity index (χ1) is 6.93. The number of carbonyl (C=O) groups excluding carboxylic acids is 2. The van der Waals surface area contributed by atoms with Gasteiger partial charge in [-0.3, -0.25) is 4.79 Å². The van der Waals surface area contributed by atoms with Crippen LogP contribution >= 0.6 is 0 Å². The summed E-state index contributed by atoms with van der Waals surface area (Å²) in [5, 5.41) is 10.9. The molecule has 1 amide bonds. The zero-order valence-corrected chi connectivity index (χ0v) is 8.86. The van der Waals surface area contributed by atoms with Crippen LogP contribution in [0.3, 0.4) is 0 Å². The minimum atomic E-state index is -0.893. The van der Waals surface area contributed by atoms with Crippen molar-refractivity contribution in [1.29, 1.82) is 0 Å². The normalized spacial score (nSPS) is 12.1. The maximum absolute atomic E-state index is 10.9. The summed E-state index contributed by atoms with van der Waals surface area (Å²) >= 11 is 0. The Morgan fingerprint density at radius 1 is 1.40 bits per heavy atom. The summed E-state index contributed by atoms with van der Waals surface area (Å²) in [5.41, 5.74) is 0. The number of alkyl carbamates (subject to hydrolysis) is 1. The fraction of sp³-hybridized carbons (Fsp3) is 0.667. The van der Waals surface area contributed by atoms with E-state index in [0.717, 1.165) is 0 Å². The van der Waals surface area contributed by atoms with Gasteiger partial charge < -0.3 is 19.9 Å². The number of ether oxygens (including phenoxy) is 2. The molecule has 0 heterocycles. The van der Waals surface area contributed by atoms with Gasteiger partial charge in [-0.1, -0.05) is 13.8 Å². The standard InChI is InChI=1S/C9H16NO5/c1-6(2)8(12)14-5-15-9(13)10-4-7(3)11/h6-7,11H,3-5H2,1-2H3,(H,10,13)/t7-/m1/s1. The van der Waals surface area contributed by atoms with Gasteiger partial charge in [0.05, 0.1) is 12.0 Å². The van der Waals surface area contributed by atoms with Crippen molar-refractivity contribution < 1.29 is 24.2 Å². The zero-order valence-electron chi connectivity index (χ0n) is 8.86. The molecule has 0 rings (SSSR count). The van der Waals surface area contributed by atoms with Crippen molar-refractivity contribution in [3.8, 4) is 0 Å². The summed E-state index contributed by atoms with van der Waals surface area (Å²) < 4.78 is 9.06. The number of rotatable bonds is 5. The van der Waals surface area contributed by atoms with Crippen molar-refractivity contribution in [2.75, 3.05) is 13.3 Å². The second kappa shape index (κ2) is 7.05. The number of hydrogen-bond acceptors (Lipinski definition) is 5. The maximum atomic E-state index is 10.9. The van der Waals surface area contributed by atoms with E-state index in [1.165, 1.54) is 0 Å². The molecule has 0 aromatic carbocycles. The van der Waals surface area contributed by atoms with Crippen molar-refractivity contribution in [2.45, 2.75) is 20.0 Å². The topological polar surface area (TPSA) is 84.9 Å². The predicted octanol–water partition coefficient (Wildman–Crippen LogP) is 0.0643. The van der Waals surface area contributed by atoms with Crippen molar-refractivity contribution in [1.82, 2.24) is 5.32 Å².